The van der Waals surface area contributed by atoms with E-state index in [2.05, 4.69) is 59.1 Å². The lowest BCUT2D eigenvalue weighted by Gasteiger charge is -2.24. The lowest BCUT2D eigenvalue weighted by Crippen LogP contribution is -2.28. The molecule has 0 amide bonds. The molecule has 0 saturated carbocycles. The van der Waals surface area contributed by atoms with Gasteiger partial charge < -0.3 is 25.0 Å². The molecule has 0 bridgehead atoms. The van der Waals surface area contributed by atoms with Gasteiger partial charge in [0.15, 0.2) is 0 Å². The first-order chi connectivity index (χ1) is 16.9. The van der Waals surface area contributed by atoms with Crippen LogP contribution in [0.4, 0.5) is 11.6 Å². The smallest absolute Gasteiger partial charge is 0.220 e. The highest BCUT2D eigenvalue weighted by Gasteiger charge is 2.26. The van der Waals surface area contributed by atoms with Crippen LogP contribution in [0.5, 0.6) is 11.5 Å². The summed E-state index contributed by atoms with van der Waals surface area (Å²) in [6.45, 7) is 2.43. The molecule has 1 unspecified atom stereocenters. The van der Waals surface area contributed by atoms with Crippen molar-refractivity contribution in [1.29, 1.82) is 0 Å². The zero-order valence-corrected chi connectivity index (χ0v) is 21.3. The van der Waals surface area contributed by atoms with Crippen LogP contribution >= 0.6 is 11.3 Å². The number of hydrogen-bond donors (Lipinski definition) is 1. The van der Waals surface area contributed by atoms with Crippen molar-refractivity contribution in [2.45, 2.75) is 12.3 Å². The van der Waals surface area contributed by atoms with Gasteiger partial charge in [0, 0.05) is 37.8 Å². The summed E-state index contributed by atoms with van der Waals surface area (Å²) >= 11 is 1.72. The van der Waals surface area contributed by atoms with Crippen molar-refractivity contribution in [2.75, 3.05) is 58.6 Å². The van der Waals surface area contributed by atoms with Crippen LogP contribution in [-0.4, -0.2) is 67.8 Å². The molecule has 35 heavy (non-hydrogen) atoms. The van der Waals surface area contributed by atoms with Gasteiger partial charge in [-0.3, -0.25) is 0 Å². The van der Waals surface area contributed by atoms with Crippen LogP contribution in [0, 0.1) is 0 Å². The number of aromatic nitrogens is 3. The minimum Gasteiger partial charge on any atom is -0.497 e. The molecule has 8 nitrogen and oxygen atoms in total. The van der Waals surface area contributed by atoms with Crippen molar-refractivity contribution in [2.24, 2.45) is 0 Å². The number of fused-ring (bicyclic) bond motifs is 2. The van der Waals surface area contributed by atoms with Gasteiger partial charge in [0.05, 0.1) is 29.8 Å². The summed E-state index contributed by atoms with van der Waals surface area (Å²) in [5, 5.41) is 1.08. The number of hydrogen-bond acceptors (Lipinski definition) is 9. The van der Waals surface area contributed by atoms with Crippen LogP contribution in [0.25, 0.3) is 21.5 Å². The van der Waals surface area contributed by atoms with Crippen LogP contribution in [0.1, 0.15) is 16.5 Å². The molecular weight excluding hydrogens is 460 g/mol. The Morgan fingerprint density at radius 1 is 1.11 bits per heavy atom. The maximum Gasteiger partial charge on any atom is 0.220 e. The molecule has 0 spiro atoms. The molecule has 0 radical (unpaired) electrons. The van der Waals surface area contributed by atoms with Crippen LogP contribution in [0.2, 0.25) is 0 Å². The standard InChI is InChI=1S/C26H30N6O2S/c1-31(2)9-10-32(3)21-13-16(20-7-8-28-26(27)29-20)14-23-24(21)30-25(35-23)18-11-17-12-19(33-4)5-6-22(17)34-15-18/h5-8,12-14,18H,9-11,15H2,1-4H3,(H2,27,28,29). The highest BCUT2D eigenvalue weighted by molar-refractivity contribution is 7.18. The van der Waals surface area contributed by atoms with E-state index in [0.29, 0.717) is 6.61 Å². The first-order valence-corrected chi connectivity index (χ1v) is 12.4. The molecule has 0 fully saturated rings. The van der Waals surface area contributed by atoms with E-state index in [1.165, 1.54) is 0 Å². The van der Waals surface area contributed by atoms with Gasteiger partial charge in [0.2, 0.25) is 5.95 Å². The number of benzene rings is 2. The summed E-state index contributed by atoms with van der Waals surface area (Å²) in [5.41, 5.74) is 10.9. The molecule has 9 heteroatoms. The molecule has 182 valence electrons. The number of methoxy groups -OCH3 is 1. The number of ether oxygens (including phenoxy) is 2. The topological polar surface area (TPSA) is 89.6 Å². The summed E-state index contributed by atoms with van der Waals surface area (Å²) < 4.78 is 12.6. The first kappa shape index (κ1) is 23.3. The van der Waals surface area contributed by atoms with E-state index < -0.39 is 0 Å². The van der Waals surface area contributed by atoms with E-state index in [9.17, 15) is 0 Å². The maximum absolute atomic E-state index is 6.10. The number of nitrogen functional groups attached to an aromatic ring is 1. The number of nitrogens with zero attached hydrogens (tertiary/aromatic N) is 5. The molecule has 2 N–H and O–H groups in total. The summed E-state index contributed by atoms with van der Waals surface area (Å²) in [4.78, 5) is 18.1. The van der Waals surface area contributed by atoms with E-state index >= 15 is 0 Å². The van der Waals surface area contributed by atoms with Crippen LogP contribution < -0.4 is 20.1 Å². The van der Waals surface area contributed by atoms with E-state index in [4.69, 9.17) is 20.2 Å². The number of rotatable bonds is 7. The average molecular weight is 491 g/mol. The first-order valence-electron chi connectivity index (χ1n) is 11.6. The summed E-state index contributed by atoms with van der Waals surface area (Å²) in [5.74, 6) is 2.22. The third-order valence-corrected chi connectivity index (χ3v) is 7.44. The van der Waals surface area contributed by atoms with Gasteiger partial charge in [-0.1, -0.05) is 0 Å². The molecule has 1 aliphatic rings. The second-order valence-electron chi connectivity index (χ2n) is 9.10. The molecule has 5 rings (SSSR count). The van der Waals surface area contributed by atoms with Gasteiger partial charge in [-0.25, -0.2) is 15.0 Å². The predicted octanol–water partition coefficient (Wildman–Crippen LogP) is 4.06. The SMILES string of the molecule is COc1ccc2c(c1)CC(c1nc3c(N(C)CCN(C)C)cc(-c4ccnc(N)n4)cc3s1)CO2. The summed E-state index contributed by atoms with van der Waals surface area (Å²) in [6.07, 6.45) is 2.56. The molecule has 0 aliphatic carbocycles. The van der Waals surface area contributed by atoms with E-state index in [0.717, 1.165) is 68.7 Å². The molecule has 1 aliphatic heterocycles. The minimum atomic E-state index is 0.185. The second-order valence-corrected chi connectivity index (χ2v) is 10.2. The van der Waals surface area contributed by atoms with Crippen molar-refractivity contribution in [3.8, 4) is 22.8 Å². The van der Waals surface area contributed by atoms with E-state index in [1.54, 1.807) is 24.6 Å². The Labute approximate surface area is 209 Å². The fourth-order valence-corrected chi connectivity index (χ4v) is 5.42. The lowest BCUT2D eigenvalue weighted by molar-refractivity contribution is 0.261. The van der Waals surface area contributed by atoms with Gasteiger partial charge in [-0.05, 0) is 62.5 Å². The Balaban J connectivity index is 1.55. The zero-order valence-electron chi connectivity index (χ0n) is 20.5. The maximum atomic E-state index is 6.10. The molecule has 3 heterocycles. The van der Waals surface area contributed by atoms with Gasteiger partial charge >= 0.3 is 0 Å². The van der Waals surface area contributed by atoms with Gasteiger partial charge in [-0.2, -0.15) is 0 Å². The van der Waals surface area contributed by atoms with Crippen molar-refractivity contribution in [1.82, 2.24) is 19.9 Å². The molecule has 0 saturated heterocycles. The summed E-state index contributed by atoms with van der Waals surface area (Å²) in [6, 6.07) is 12.2. The Morgan fingerprint density at radius 2 is 1.97 bits per heavy atom. The zero-order chi connectivity index (χ0) is 24.5. The molecule has 2 aromatic heterocycles. The largest absolute Gasteiger partial charge is 0.497 e. The number of anilines is 2. The normalized spacial score (nSPS) is 15.2. The van der Waals surface area contributed by atoms with E-state index in [-0.39, 0.29) is 11.9 Å². The highest BCUT2D eigenvalue weighted by atomic mass is 32.1. The summed E-state index contributed by atoms with van der Waals surface area (Å²) in [7, 11) is 7.97. The van der Waals surface area contributed by atoms with Crippen LogP contribution in [0.3, 0.4) is 0 Å². The van der Waals surface area contributed by atoms with Gasteiger partial charge in [0.1, 0.15) is 22.0 Å². The number of likely N-dealkylation sites (N-methyl/N-ethyl adjacent to an activating group) is 2. The van der Waals surface area contributed by atoms with Crippen LogP contribution in [-0.2, 0) is 6.42 Å². The highest BCUT2D eigenvalue weighted by Crippen LogP contribution is 2.40. The van der Waals surface area contributed by atoms with Crippen molar-refractivity contribution in [3.63, 3.8) is 0 Å². The third-order valence-electron chi connectivity index (χ3n) is 6.28. The van der Waals surface area contributed by atoms with Crippen molar-refractivity contribution in [3.05, 3.63) is 53.2 Å². The van der Waals surface area contributed by atoms with E-state index in [1.807, 2.05) is 18.2 Å². The Morgan fingerprint density at radius 3 is 2.74 bits per heavy atom. The number of thiazole rings is 1. The quantitative estimate of drug-likeness (QED) is 0.415. The molecule has 2 aromatic carbocycles. The number of nitrogens with two attached hydrogens (primary N) is 1. The third kappa shape index (κ3) is 4.87. The predicted molar refractivity (Wildman–Crippen MR) is 142 cm³/mol. The fraction of sp³-hybridized carbons (Fsp3) is 0.346. The molecule has 4 aromatic rings. The van der Waals surface area contributed by atoms with Crippen molar-refractivity contribution < 1.29 is 9.47 Å². The fourth-order valence-electron chi connectivity index (χ4n) is 4.30. The monoisotopic (exact) mass is 490 g/mol. The lowest BCUT2D eigenvalue weighted by atomic mass is 9.97. The van der Waals surface area contributed by atoms with Gasteiger partial charge in [-0.15, -0.1) is 11.3 Å². The van der Waals surface area contributed by atoms with Gasteiger partial charge in [0.25, 0.3) is 0 Å². The average Bonchev–Trinajstić information content (AvgIpc) is 3.30. The second kappa shape index (κ2) is 9.67. The Hall–Kier alpha value is -3.43. The molecule has 1 atom stereocenters. The Bertz CT molecular complexity index is 1360. The minimum absolute atomic E-state index is 0.185. The molecular formula is C26H30N6O2S. The Kier molecular flexibility index (Phi) is 6.44. The van der Waals surface area contributed by atoms with Crippen molar-refractivity contribution >= 4 is 33.2 Å². The van der Waals surface area contributed by atoms with Crippen LogP contribution in [0.15, 0.2) is 42.6 Å².